The smallest absolute Gasteiger partial charge is 0.235 e. The maximum absolute atomic E-state index is 11.6. The summed E-state index contributed by atoms with van der Waals surface area (Å²) < 4.78 is 0. The van der Waals surface area contributed by atoms with Gasteiger partial charge < -0.3 is 0 Å². The second-order valence-corrected chi connectivity index (χ2v) is 4.13. The molecule has 1 atom stereocenters. The Morgan fingerprint density at radius 1 is 1.44 bits per heavy atom. The van der Waals surface area contributed by atoms with Crippen molar-refractivity contribution in [2.24, 2.45) is 0 Å². The zero-order valence-electron chi connectivity index (χ0n) is 8.44. The van der Waals surface area contributed by atoms with Crippen molar-refractivity contribution in [3.05, 3.63) is 23.8 Å². The number of amides is 2. The topological polar surface area (TPSA) is 72.0 Å². The number of hydrogen-bond acceptors (Lipinski definition) is 4. The predicted octanol–water partition coefficient (Wildman–Crippen LogP) is 0.892. The Kier molecular flexibility index (Phi) is 3.28. The number of carbonyl (C=O) groups excluding carboxylic acids is 2. The molecule has 1 N–H and O–H groups in total. The van der Waals surface area contributed by atoms with E-state index in [0.29, 0.717) is 23.9 Å². The lowest BCUT2D eigenvalue weighted by Gasteiger charge is -2.20. The minimum Gasteiger partial charge on any atom is -0.296 e. The van der Waals surface area contributed by atoms with Crippen molar-refractivity contribution in [1.29, 1.82) is 0 Å². The van der Waals surface area contributed by atoms with Gasteiger partial charge in [0.05, 0.1) is 17.3 Å². The van der Waals surface area contributed by atoms with Crippen LogP contribution in [0.4, 0.5) is 0 Å². The van der Waals surface area contributed by atoms with E-state index in [1.807, 2.05) is 0 Å². The number of nitrogens with one attached hydrogen (secondary N) is 1. The molecule has 5 nitrogen and oxygen atoms in total. The maximum atomic E-state index is 11.6. The average molecular weight is 284 g/mol. The number of piperidine rings is 1. The van der Waals surface area contributed by atoms with Gasteiger partial charge in [-0.2, -0.15) is 0 Å². The molecule has 1 fully saturated rings. The van der Waals surface area contributed by atoms with Crippen LogP contribution in [0.1, 0.15) is 30.1 Å². The third-order valence-electron chi connectivity index (χ3n) is 2.44. The highest BCUT2D eigenvalue weighted by Crippen LogP contribution is 2.22. The van der Waals surface area contributed by atoms with E-state index < -0.39 is 0 Å². The highest BCUT2D eigenvalue weighted by Gasteiger charge is 2.29. The Balaban J connectivity index is 2.23. The van der Waals surface area contributed by atoms with Crippen LogP contribution in [0.2, 0.25) is 0 Å². The summed E-state index contributed by atoms with van der Waals surface area (Å²) in [7, 11) is 0. The van der Waals surface area contributed by atoms with Crippen LogP contribution in [-0.2, 0) is 14.9 Å². The van der Waals surface area contributed by atoms with Crippen molar-refractivity contribution < 1.29 is 9.59 Å². The second-order valence-electron chi connectivity index (χ2n) is 3.57. The monoisotopic (exact) mass is 283 g/mol. The van der Waals surface area contributed by atoms with Gasteiger partial charge in [-0.25, -0.2) is 0 Å². The van der Waals surface area contributed by atoms with Crippen LogP contribution in [0, 0.1) is 0 Å². The maximum Gasteiger partial charge on any atom is 0.235 e. The molecule has 1 saturated heterocycles. The van der Waals surface area contributed by atoms with Gasteiger partial charge in [-0.05, 0) is 6.42 Å². The molecule has 6 heteroatoms. The molecule has 2 rings (SSSR count). The minimum absolute atomic E-state index is 0.217. The molecule has 0 radical (unpaired) electrons. The molecule has 16 heavy (non-hydrogen) atoms. The molecule has 1 aliphatic rings. The first-order chi connectivity index (χ1) is 7.70. The van der Waals surface area contributed by atoms with E-state index in [9.17, 15) is 9.59 Å². The van der Waals surface area contributed by atoms with Crippen LogP contribution >= 0.6 is 15.9 Å². The first-order valence-corrected chi connectivity index (χ1v) is 6.03. The number of nitrogens with zero attached hydrogens (tertiary/aromatic N) is 2. The van der Waals surface area contributed by atoms with Gasteiger partial charge in [0, 0.05) is 24.1 Å². The Labute approximate surface area is 101 Å². The van der Waals surface area contributed by atoms with E-state index in [-0.39, 0.29) is 17.7 Å². The lowest BCUT2D eigenvalue weighted by atomic mass is 9.95. The van der Waals surface area contributed by atoms with Crippen molar-refractivity contribution in [2.75, 3.05) is 0 Å². The molecule has 0 saturated carbocycles. The van der Waals surface area contributed by atoms with Gasteiger partial charge in [-0.15, -0.1) is 0 Å². The molecule has 1 aliphatic heterocycles. The third-order valence-corrected chi connectivity index (χ3v) is 3.01. The number of aromatic nitrogens is 2. The molecule has 0 aliphatic carbocycles. The molecule has 1 aromatic heterocycles. The van der Waals surface area contributed by atoms with E-state index in [2.05, 4.69) is 31.2 Å². The molecule has 1 unspecified atom stereocenters. The molecule has 1 aromatic rings. The molecule has 84 valence electrons. The first-order valence-electron chi connectivity index (χ1n) is 4.91. The van der Waals surface area contributed by atoms with Crippen LogP contribution < -0.4 is 5.32 Å². The summed E-state index contributed by atoms with van der Waals surface area (Å²) in [5.41, 5.74) is 1.41. The third kappa shape index (κ3) is 2.27. The summed E-state index contributed by atoms with van der Waals surface area (Å²) in [6, 6.07) is 0. The summed E-state index contributed by atoms with van der Waals surface area (Å²) >= 11 is 3.28. The predicted molar refractivity (Wildman–Crippen MR) is 59.8 cm³/mol. The number of hydrogen-bond donors (Lipinski definition) is 1. The van der Waals surface area contributed by atoms with Gasteiger partial charge in [-0.3, -0.25) is 24.9 Å². The first kappa shape index (κ1) is 11.2. The normalized spacial score (nSPS) is 20.7. The molecule has 2 heterocycles. The van der Waals surface area contributed by atoms with Crippen molar-refractivity contribution in [3.63, 3.8) is 0 Å². The minimum atomic E-state index is -0.357. The van der Waals surface area contributed by atoms with Crippen LogP contribution in [-0.4, -0.2) is 21.8 Å². The molecule has 0 aromatic carbocycles. The lowest BCUT2D eigenvalue weighted by molar-refractivity contribution is -0.134. The Bertz CT molecular complexity index is 436. The van der Waals surface area contributed by atoms with E-state index in [1.165, 1.54) is 0 Å². The molecule has 2 amide bonds. The van der Waals surface area contributed by atoms with Gasteiger partial charge >= 0.3 is 0 Å². The van der Waals surface area contributed by atoms with Crippen molar-refractivity contribution in [1.82, 2.24) is 15.3 Å². The van der Waals surface area contributed by atoms with E-state index in [1.54, 1.807) is 12.4 Å². The quantitative estimate of drug-likeness (QED) is 0.646. The summed E-state index contributed by atoms with van der Waals surface area (Å²) in [5, 5.41) is 2.91. The van der Waals surface area contributed by atoms with Crippen molar-refractivity contribution in [2.45, 2.75) is 24.1 Å². The standard InChI is InChI=1S/C10H10BrN3O2/c11-3-6-4-12-5-8(13-6)7-1-2-9(15)14-10(7)16/h4-5,7H,1-3H2,(H,14,15,16). The van der Waals surface area contributed by atoms with Crippen LogP contribution in [0.15, 0.2) is 12.4 Å². The van der Waals surface area contributed by atoms with Crippen LogP contribution in [0.25, 0.3) is 0 Å². The summed E-state index contributed by atoms with van der Waals surface area (Å²) in [5.74, 6) is -0.854. The summed E-state index contributed by atoms with van der Waals surface area (Å²) in [6.45, 7) is 0. The zero-order chi connectivity index (χ0) is 11.5. The fourth-order valence-corrected chi connectivity index (χ4v) is 1.90. The van der Waals surface area contributed by atoms with Crippen molar-refractivity contribution in [3.8, 4) is 0 Å². The van der Waals surface area contributed by atoms with Gasteiger partial charge in [0.15, 0.2) is 0 Å². The largest absolute Gasteiger partial charge is 0.296 e. The molecule has 0 spiro atoms. The molecular formula is C10H10BrN3O2. The fraction of sp³-hybridized carbons (Fsp3) is 0.400. The number of halogens is 1. The van der Waals surface area contributed by atoms with Crippen molar-refractivity contribution >= 4 is 27.7 Å². The molecular weight excluding hydrogens is 274 g/mol. The summed E-state index contributed by atoms with van der Waals surface area (Å²) in [4.78, 5) is 30.9. The second kappa shape index (κ2) is 4.69. The molecule has 0 bridgehead atoms. The average Bonchev–Trinajstić information content (AvgIpc) is 2.29. The van der Waals surface area contributed by atoms with Gasteiger partial charge in [0.2, 0.25) is 11.8 Å². The van der Waals surface area contributed by atoms with E-state index in [0.717, 1.165) is 5.69 Å². The zero-order valence-corrected chi connectivity index (χ0v) is 10.0. The van der Waals surface area contributed by atoms with E-state index >= 15 is 0 Å². The van der Waals surface area contributed by atoms with Gasteiger partial charge in [0.1, 0.15) is 0 Å². The number of alkyl halides is 1. The number of carbonyl (C=O) groups is 2. The number of rotatable bonds is 2. The van der Waals surface area contributed by atoms with E-state index in [4.69, 9.17) is 0 Å². The lowest BCUT2D eigenvalue weighted by Crippen LogP contribution is -2.39. The SMILES string of the molecule is O=C1CCC(c2cncc(CBr)n2)C(=O)N1. The highest BCUT2D eigenvalue weighted by atomic mass is 79.9. The fourth-order valence-electron chi connectivity index (χ4n) is 1.63. The highest BCUT2D eigenvalue weighted by molar-refractivity contribution is 9.08. The Hall–Kier alpha value is -1.30. The van der Waals surface area contributed by atoms with Crippen LogP contribution in [0.3, 0.4) is 0 Å². The Morgan fingerprint density at radius 2 is 2.25 bits per heavy atom. The summed E-state index contributed by atoms with van der Waals surface area (Å²) in [6.07, 6.45) is 4.08. The number of imide groups is 1. The van der Waals surface area contributed by atoms with Crippen LogP contribution in [0.5, 0.6) is 0 Å². The Morgan fingerprint density at radius 3 is 2.94 bits per heavy atom. The van der Waals surface area contributed by atoms with Gasteiger partial charge in [0.25, 0.3) is 0 Å². The van der Waals surface area contributed by atoms with Gasteiger partial charge in [-0.1, -0.05) is 15.9 Å².